The standard InChI is InChI=1S/C61H90IN7O29S3/c1-5-7-8-9-13-16-61(3,62)69-48-53(95-41(56(78)79)21-32-14-11-10-12-15-32)49(73)42-29-94-58(90-4)50(74)51(75)59(93-6-2)98-52-38(66-55(77)39-28-44(70)68-60(80)67-39)24-34(25-40(52)96-57(48)97-42)54(76)64-18-17-63-45(71)30-91-19-20-92-31-46(72)65-37-26-35(99(81,82)83)22-33-23-36(100(84,85)86)27-43(47(33)37)101(87,88)89/h22-23,26-28,32,34,38,40-42,48-53,57-59,69,73-75H,5-21,24-25,29-31H2,1-4H3,(H,63,71)(H,64,76)(H,65,72)(H,66,77)(H,78,79)(H,81,82,83)(H,84,85,86)(H,87,88,89)(H2,67,68,70,80)/t34?,38?,40-,41+,42?,48?,49+,50?,51?,52?,53?,57-,58-,59+,61?/m1/s1. The number of fused-ring (bicyclic) bond motifs is 4. The molecule has 2 aliphatic carbocycles. The molecule has 15 atom stereocenters. The lowest BCUT2D eigenvalue weighted by Gasteiger charge is -2.50. The molecule has 40 heteroatoms. The number of unbranched alkanes of at least 4 members (excludes halogenated alkanes) is 4. The van der Waals surface area contributed by atoms with Gasteiger partial charge in [0.05, 0.1) is 57.0 Å². The summed E-state index contributed by atoms with van der Waals surface area (Å²) in [5.74, 6) is -5.96. The van der Waals surface area contributed by atoms with Gasteiger partial charge in [-0.1, -0.05) is 93.7 Å². The van der Waals surface area contributed by atoms with E-state index in [1.807, 2.05) is 11.9 Å². The lowest BCUT2D eigenvalue weighted by atomic mass is 9.80. The zero-order valence-electron chi connectivity index (χ0n) is 55.8. The van der Waals surface area contributed by atoms with E-state index in [1.54, 1.807) is 6.92 Å². The van der Waals surface area contributed by atoms with Gasteiger partial charge in [0.15, 0.2) is 25.0 Å². The minimum atomic E-state index is -5.34. The predicted molar refractivity (Wildman–Crippen MR) is 360 cm³/mol. The fraction of sp³-hybridized carbons (Fsp3) is 0.689. The van der Waals surface area contributed by atoms with Crippen LogP contribution in [-0.4, -0.2) is 242 Å². The molecule has 7 rings (SSSR count). The minimum absolute atomic E-state index is 0.0139. The van der Waals surface area contributed by atoms with Crippen LogP contribution in [0.5, 0.6) is 0 Å². The Kier molecular flexibility index (Phi) is 30.9. The van der Waals surface area contributed by atoms with Crippen molar-refractivity contribution >= 4 is 99.0 Å². The van der Waals surface area contributed by atoms with E-state index in [1.165, 1.54) is 7.11 Å². The van der Waals surface area contributed by atoms with Gasteiger partial charge in [0, 0.05) is 44.2 Å². The maximum absolute atomic E-state index is 14.6. The second-order valence-corrected chi connectivity index (χ2v) is 31.8. The van der Waals surface area contributed by atoms with Crippen molar-refractivity contribution < 1.29 is 126 Å². The molecular formula is C61H90IN7O29S3. The first-order valence-corrected chi connectivity index (χ1v) is 38.3. The first-order valence-electron chi connectivity index (χ1n) is 32.9. The molecule has 14 N–H and O–H groups in total. The number of aromatic amines is 2. The molecule has 2 saturated heterocycles. The van der Waals surface area contributed by atoms with Crippen LogP contribution in [0.3, 0.4) is 0 Å². The van der Waals surface area contributed by atoms with Gasteiger partial charge in [-0.15, -0.1) is 0 Å². The third-order valence-corrected chi connectivity index (χ3v) is 20.9. The van der Waals surface area contributed by atoms with Crippen LogP contribution in [0.2, 0.25) is 0 Å². The second-order valence-electron chi connectivity index (χ2n) is 25.2. The molecule has 2 saturated carbocycles. The Hall–Kier alpha value is -5.33. The largest absolute Gasteiger partial charge is 0.479 e. The minimum Gasteiger partial charge on any atom is -0.479 e. The van der Waals surface area contributed by atoms with Crippen LogP contribution in [0.1, 0.15) is 121 Å². The molecule has 2 aliphatic heterocycles. The number of rotatable bonds is 33. The van der Waals surface area contributed by atoms with Gasteiger partial charge in [-0.05, 0) is 75.1 Å². The highest BCUT2D eigenvalue weighted by Crippen LogP contribution is 2.40. The molecule has 568 valence electrons. The van der Waals surface area contributed by atoms with Crippen LogP contribution < -0.4 is 37.8 Å². The number of halogens is 1. The Bertz CT molecular complexity index is 3770. The number of hydrogen-bond acceptors (Lipinski definition) is 26. The van der Waals surface area contributed by atoms with Gasteiger partial charge in [0.2, 0.25) is 17.7 Å². The number of nitrogens with one attached hydrogen (secondary N) is 7. The van der Waals surface area contributed by atoms with Crippen molar-refractivity contribution in [2.45, 2.75) is 209 Å². The van der Waals surface area contributed by atoms with Crippen LogP contribution >= 0.6 is 22.6 Å². The molecule has 0 spiro atoms. The first kappa shape index (κ1) is 82.9. The summed E-state index contributed by atoms with van der Waals surface area (Å²) in [5, 5.41) is 59.6. The Morgan fingerprint density at radius 3 is 2.01 bits per heavy atom. The smallest absolute Gasteiger partial charge is 0.332 e. The van der Waals surface area contributed by atoms with E-state index in [9.17, 15) is 92.9 Å². The summed E-state index contributed by atoms with van der Waals surface area (Å²) in [6.45, 7) is 2.30. The Morgan fingerprint density at radius 2 is 1.39 bits per heavy atom. The summed E-state index contributed by atoms with van der Waals surface area (Å²) >= 11 is 2.22. The average molecular weight is 1610 g/mol. The van der Waals surface area contributed by atoms with Gasteiger partial charge in [-0.25, -0.2) is 9.59 Å². The molecule has 3 heterocycles. The lowest BCUT2D eigenvalue weighted by Crippen LogP contribution is -2.69. The highest BCUT2D eigenvalue weighted by Gasteiger charge is 2.54. The quantitative estimate of drug-likeness (QED) is 0.0130. The van der Waals surface area contributed by atoms with Gasteiger partial charge in [0.1, 0.15) is 60.4 Å². The summed E-state index contributed by atoms with van der Waals surface area (Å²) in [6.07, 6.45) is -9.03. The van der Waals surface area contributed by atoms with Gasteiger partial charge < -0.3 is 89.3 Å². The number of amides is 4. The number of anilines is 1. The van der Waals surface area contributed by atoms with E-state index >= 15 is 0 Å². The van der Waals surface area contributed by atoms with Gasteiger partial charge >= 0.3 is 11.7 Å². The monoisotopic (exact) mass is 1610 g/mol. The number of aliphatic carboxylic acids is 1. The molecule has 4 fully saturated rings. The molecule has 101 heavy (non-hydrogen) atoms. The number of aromatic nitrogens is 2. The van der Waals surface area contributed by atoms with Crippen molar-refractivity contribution in [3.05, 3.63) is 56.9 Å². The number of alkyl halides is 1. The molecule has 0 radical (unpaired) electrons. The van der Waals surface area contributed by atoms with Crippen molar-refractivity contribution in [1.82, 2.24) is 31.2 Å². The number of carbonyl (C=O) groups is 5. The summed E-state index contributed by atoms with van der Waals surface area (Å²) in [4.78, 5) is 94.2. The second kappa shape index (κ2) is 37.6. The maximum atomic E-state index is 14.6. The number of carboxylic acids is 1. The zero-order valence-corrected chi connectivity index (χ0v) is 60.4. The average Bonchev–Trinajstić information content (AvgIpc) is 0.871. The Labute approximate surface area is 595 Å². The molecule has 4 amide bonds. The molecule has 2 bridgehead atoms. The molecule has 1 aromatic heterocycles. The molecule has 36 nitrogen and oxygen atoms in total. The third-order valence-electron chi connectivity index (χ3n) is 17.5. The van der Waals surface area contributed by atoms with E-state index < -0.39 is 217 Å². The Balaban J connectivity index is 1.10. The van der Waals surface area contributed by atoms with Crippen molar-refractivity contribution in [3.63, 3.8) is 0 Å². The van der Waals surface area contributed by atoms with Crippen LogP contribution in [-0.2, 0) is 92.2 Å². The molecule has 4 aliphatic rings. The molecule has 2 aromatic carbocycles. The van der Waals surface area contributed by atoms with Crippen molar-refractivity contribution in [2.24, 2.45) is 11.8 Å². The topological polar surface area (TPSA) is 538 Å². The van der Waals surface area contributed by atoms with E-state index in [0.29, 0.717) is 30.7 Å². The maximum Gasteiger partial charge on any atom is 0.332 e. The number of hydrogen-bond donors (Lipinski definition) is 14. The van der Waals surface area contributed by atoms with Gasteiger partial charge in [-0.2, -0.15) is 25.3 Å². The van der Waals surface area contributed by atoms with Crippen LogP contribution in [0.15, 0.2) is 54.6 Å². The highest BCUT2D eigenvalue weighted by molar-refractivity contribution is 14.1. The van der Waals surface area contributed by atoms with Crippen molar-refractivity contribution in [1.29, 1.82) is 0 Å². The van der Waals surface area contributed by atoms with Crippen molar-refractivity contribution in [2.75, 3.05) is 65.2 Å². The summed E-state index contributed by atoms with van der Waals surface area (Å²) in [6, 6.07) is 0.377. The third kappa shape index (κ3) is 24.1. The van der Waals surface area contributed by atoms with Gasteiger partial charge in [0.25, 0.3) is 41.8 Å². The summed E-state index contributed by atoms with van der Waals surface area (Å²) in [5.41, 5.74) is -3.16. The SMILES string of the molecule is CCCCCCCC(C)(I)NC1C(O[C@@H](CC2CCCCC2)C(=O)O)[C@@H](O)C2CO[C@@H](OC)C(O)C(O)[C@@H](OCC)OC3C(NC(=O)c4cc(=O)[nH]c(=O)[nH]4)CC(C(=O)NCCNC(=O)COCCOCC(=O)Nc4cc(S(=O)(=O)O)cc5cc(S(=O)(=O)O)cc(S(=O)(=O)O)c45)C[C@H]3O[C@@H]1O2. The normalized spacial score (nSPS) is 26.5. The number of carbonyl (C=O) groups excluding carboxylic acids is 4. The number of aliphatic hydroxyl groups is 3. The highest BCUT2D eigenvalue weighted by atomic mass is 127. The first-order chi connectivity index (χ1) is 47.6. The number of carboxylic acid groups (broad SMARTS) is 1. The number of H-pyrrole nitrogens is 2. The van der Waals surface area contributed by atoms with E-state index in [2.05, 4.69) is 61.1 Å². The fourth-order valence-corrected chi connectivity index (χ4v) is 15.2. The fourth-order valence-electron chi connectivity index (χ4n) is 12.6. The van der Waals surface area contributed by atoms with E-state index in [0.717, 1.165) is 70.3 Å². The molecule has 9 unspecified atom stereocenters. The molecular weight excluding hydrogens is 1520 g/mol. The zero-order chi connectivity index (χ0) is 74.1. The van der Waals surface area contributed by atoms with Crippen LogP contribution in [0, 0.1) is 11.8 Å². The summed E-state index contributed by atoms with van der Waals surface area (Å²) < 4.78 is 156. The van der Waals surface area contributed by atoms with Crippen LogP contribution in [0.4, 0.5) is 5.69 Å². The number of aliphatic hydroxyl groups excluding tert-OH is 3. The van der Waals surface area contributed by atoms with Crippen molar-refractivity contribution in [3.8, 4) is 0 Å². The Morgan fingerprint density at radius 1 is 0.752 bits per heavy atom. The van der Waals surface area contributed by atoms with Crippen LogP contribution in [0.25, 0.3) is 10.8 Å². The van der Waals surface area contributed by atoms with E-state index in [4.69, 9.17) is 42.6 Å². The predicted octanol–water partition coefficient (Wildman–Crippen LogP) is 0.591. The molecule has 3 aromatic rings. The summed E-state index contributed by atoms with van der Waals surface area (Å²) in [7, 11) is -14.4. The van der Waals surface area contributed by atoms with E-state index in [-0.39, 0.29) is 58.1 Å². The number of methoxy groups -OCH3 is 1. The lowest BCUT2D eigenvalue weighted by molar-refractivity contribution is -0.316. The number of ether oxygens (including phenoxy) is 9. The number of benzene rings is 2. The van der Waals surface area contributed by atoms with Gasteiger partial charge in [-0.3, -0.25) is 47.9 Å².